The van der Waals surface area contributed by atoms with Crippen molar-refractivity contribution in [2.24, 2.45) is 5.73 Å². The SMILES string of the molecule is Cl.NCc1cccc(C(=O)CCCNC(=O)CCCC[C@@H]2SC[C@@H]3NC(=O)N[C@@H]32)c1. The number of rotatable bonds is 11. The van der Waals surface area contributed by atoms with Crippen molar-refractivity contribution in [3.05, 3.63) is 35.4 Å². The van der Waals surface area contributed by atoms with Gasteiger partial charge in [-0.05, 0) is 30.9 Å². The van der Waals surface area contributed by atoms with Crippen LogP contribution in [0.2, 0.25) is 0 Å². The molecule has 3 rings (SSSR count). The summed E-state index contributed by atoms with van der Waals surface area (Å²) in [5.74, 6) is 1.08. The van der Waals surface area contributed by atoms with Gasteiger partial charge in [-0.25, -0.2) is 4.79 Å². The number of carbonyl (C=O) groups is 3. The highest BCUT2D eigenvalue weighted by atomic mass is 35.5. The largest absolute Gasteiger partial charge is 0.356 e. The summed E-state index contributed by atoms with van der Waals surface area (Å²) < 4.78 is 0. The highest BCUT2D eigenvalue weighted by Crippen LogP contribution is 2.33. The van der Waals surface area contributed by atoms with Crippen molar-refractivity contribution < 1.29 is 14.4 Å². The number of thioether (sulfide) groups is 1. The quantitative estimate of drug-likeness (QED) is 0.233. The van der Waals surface area contributed by atoms with E-state index in [9.17, 15) is 14.4 Å². The summed E-state index contributed by atoms with van der Waals surface area (Å²) in [4.78, 5) is 35.6. The monoisotopic (exact) mass is 454 g/mol. The second-order valence-electron chi connectivity index (χ2n) is 7.65. The van der Waals surface area contributed by atoms with Gasteiger partial charge in [0.05, 0.1) is 12.1 Å². The Morgan fingerprint density at radius 3 is 2.80 bits per heavy atom. The van der Waals surface area contributed by atoms with Gasteiger partial charge >= 0.3 is 6.03 Å². The summed E-state index contributed by atoms with van der Waals surface area (Å²) in [6.07, 6.45) is 4.37. The Morgan fingerprint density at radius 2 is 2.00 bits per heavy atom. The van der Waals surface area contributed by atoms with Crippen LogP contribution in [0.3, 0.4) is 0 Å². The fourth-order valence-corrected chi connectivity index (χ4v) is 5.40. The molecule has 2 aliphatic rings. The molecule has 2 fully saturated rings. The number of halogens is 1. The third kappa shape index (κ3) is 6.89. The smallest absolute Gasteiger partial charge is 0.315 e. The minimum Gasteiger partial charge on any atom is -0.356 e. The Bertz CT molecular complexity index is 749. The lowest BCUT2D eigenvalue weighted by Crippen LogP contribution is -2.36. The van der Waals surface area contributed by atoms with E-state index in [0.717, 1.165) is 30.6 Å². The van der Waals surface area contributed by atoms with E-state index in [1.165, 1.54) is 0 Å². The molecule has 1 aromatic carbocycles. The van der Waals surface area contributed by atoms with Crippen LogP contribution in [-0.2, 0) is 11.3 Å². The molecule has 0 bridgehead atoms. The molecule has 0 saturated carbocycles. The molecule has 3 atom stereocenters. The maximum atomic E-state index is 12.2. The van der Waals surface area contributed by atoms with E-state index in [-0.39, 0.29) is 42.2 Å². The van der Waals surface area contributed by atoms with Crippen molar-refractivity contribution in [3.8, 4) is 0 Å². The molecule has 0 spiro atoms. The van der Waals surface area contributed by atoms with Crippen molar-refractivity contribution in [1.82, 2.24) is 16.0 Å². The highest BCUT2D eigenvalue weighted by Gasteiger charge is 2.42. The predicted octanol–water partition coefficient (Wildman–Crippen LogP) is 2.37. The summed E-state index contributed by atoms with van der Waals surface area (Å²) in [7, 11) is 0. The number of benzene rings is 1. The second kappa shape index (κ2) is 12.2. The van der Waals surface area contributed by atoms with E-state index < -0.39 is 0 Å². The Labute approximate surface area is 188 Å². The molecule has 0 radical (unpaired) electrons. The number of fused-ring (bicyclic) bond motifs is 1. The number of urea groups is 1. The number of carbonyl (C=O) groups excluding carboxylic acids is 3. The van der Waals surface area contributed by atoms with E-state index in [4.69, 9.17) is 5.73 Å². The minimum absolute atomic E-state index is 0. The first-order valence-electron chi connectivity index (χ1n) is 10.3. The number of unbranched alkanes of at least 4 members (excludes halogenated alkanes) is 1. The van der Waals surface area contributed by atoms with Gasteiger partial charge in [0.1, 0.15) is 0 Å². The van der Waals surface area contributed by atoms with Crippen LogP contribution < -0.4 is 21.7 Å². The number of ketones is 1. The summed E-state index contributed by atoms with van der Waals surface area (Å²) in [6, 6.07) is 7.80. The number of Topliss-reactive ketones (excluding diaryl/α,β-unsaturated/α-hetero) is 1. The molecule has 3 amide bonds. The Kier molecular flexibility index (Phi) is 9.94. The van der Waals surface area contributed by atoms with Gasteiger partial charge in [0.25, 0.3) is 0 Å². The number of nitrogens with one attached hydrogen (secondary N) is 3. The van der Waals surface area contributed by atoms with Crippen LogP contribution in [0, 0.1) is 0 Å². The van der Waals surface area contributed by atoms with Crippen LogP contribution in [0.1, 0.15) is 54.4 Å². The molecule has 1 aromatic rings. The number of amides is 3. The van der Waals surface area contributed by atoms with Crippen LogP contribution in [-0.4, -0.2) is 47.4 Å². The topological polar surface area (TPSA) is 113 Å². The van der Waals surface area contributed by atoms with Gasteiger partial charge in [0, 0.05) is 42.5 Å². The first-order valence-corrected chi connectivity index (χ1v) is 11.4. The Balaban J connectivity index is 0.00000320. The van der Waals surface area contributed by atoms with Gasteiger partial charge in [0.2, 0.25) is 5.91 Å². The van der Waals surface area contributed by atoms with Crippen molar-refractivity contribution in [2.75, 3.05) is 12.3 Å². The summed E-state index contributed by atoms with van der Waals surface area (Å²) in [6.45, 7) is 0.935. The first-order chi connectivity index (χ1) is 14.1. The predicted molar refractivity (Wildman–Crippen MR) is 122 cm³/mol. The zero-order valence-electron chi connectivity index (χ0n) is 17.0. The van der Waals surface area contributed by atoms with Crippen LogP contribution in [0.5, 0.6) is 0 Å². The van der Waals surface area contributed by atoms with Gasteiger partial charge in [-0.2, -0.15) is 11.8 Å². The lowest BCUT2D eigenvalue weighted by Gasteiger charge is -2.16. The third-order valence-electron chi connectivity index (χ3n) is 5.47. The van der Waals surface area contributed by atoms with E-state index in [1.807, 2.05) is 30.0 Å². The lowest BCUT2D eigenvalue weighted by atomic mass is 10.0. The minimum atomic E-state index is -0.0600. The molecule has 5 N–H and O–H groups in total. The van der Waals surface area contributed by atoms with Crippen molar-refractivity contribution in [3.63, 3.8) is 0 Å². The maximum Gasteiger partial charge on any atom is 0.315 e. The average Bonchev–Trinajstić information content (AvgIpc) is 3.27. The van der Waals surface area contributed by atoms with Crippen molar-refractivity contribution in [2.45, 2.75) is 62.4 Å². The highest BCUT2D eigenvalue weighted by molar-refractivity contribution is 8.00. The molecule has 0 unspecified atom stereocenters. The molecule has 2 aliphatic heterocycles. The van der Waals surface area contributed by atoms with Crippen LogP contribution >= 0.6 is 24.2 Å². The molecule has 7 nitrogen and oxygen atoms in total. The van der Waals surface area contributed by atoms with Gasteiger partial charge in [-0.3, -0.25) is 9.59 Å². The summed E-state index contributed by atoms with van der Waals surface area (Å²) >= 11 is 1.90. The standard InChI is InChI=1S/C21H30N4O3S.ClH/c22-12-14-5-3-6-15(11-14)17(26)7-4-10-23-19(27)9-2-1-8-18-20-16(13-29-18)24-21(28)25-20;/h3,5-6,11,16,18,20H,1-2,4,7-10,12-13,22H2,(H,23,27)(H2,24,25,28);1H/t16-,18-,20-;/m0./s1. The van der Waals surface area contributed by atoms with Gasteiger partial charge in [0.15, 0.2) is 5.78 Å². The number of nitrogens with two attached hydrogens (primary N) is 1. The first kappa shape index (κ1) is 24.5. The van der Waals surface area contributed by atoms with Gasteiger partial charge in [-0.15, -0.1) is 12.4 Å². The number of hydrogen-bond acceptors (Lipinski definition) is 5. The second-order valence-corrected chi connectivity index (χ2v) is 8.92. The van der Waals surface area contributed by atoms with Crippen LogP contribution in [0.15, 0.2) is 24.3 Å². The Morgan fingerprint density at radius 1 is 1.17 bits per heavy atom. The van der Waals surface area contributed by atoms with Crippen LogP contribution in [0.4, 0.5) is 4.79 Å². The lowest BCUT2D eigenvalue weighted by molar-refractivity contribution is -0.121. The van der Waals surface area contributed by atoms with Gasteiger partial charge in [-0.1, -0.05) is 24.6 Å². The molecule has 2 heterocycles. The normalized spacial score (nSPS) is 21.9. The molecule has 0 aromatic heterocycles. The van der Waals surface area contributed by atoms with E-state index >= 15 is 0 Å². The van der Waals surface area contributed by atoms with Crippen molar-refractivity contribution in [1.29, 1.82) is 0 Å². The zero-order chi connectivity index (χ0) is 20.6. The molecule has 2 saturated heterocycles. The Hall–Kier alpha value is -1.77. The fraction of sp³-hybridized carbons (Fsp3) is 0.571. The van der Waals surface area contributed by atoms with Gasteiger partial charge < -0.3 is 21.7 Å². The number of hydrogen-bond donors (Lipinski definition) is 4. The summed E-state index contributed by atoms with van der Waals surface area (Å²) in [5.41, 5.74) is 7.24. The maximum absolute atomic E-state index is 12.2. The van der Waals surface area contributed by atoms with E-state index in [1.54, 1.807) is 6.07 Å². The van der Waals surface area contributed by atoms with E-state index in [2.05, 4.69) is 16.0 Å². The molecule has 0 aliphatic carbocycles. The molecular weight excluding hydrogens is 424 g/mol. The molecule has 30 heavy (non-hydrogen) atoms. The fourth-order valence-electron chi connectivity index (χ4n) is 3.86. The van der Waals surface area contributed by atoms with E-state index in [0.29, 0.717) is 43.2 Å². The van der Waals surface area contributed by atoms with Crippen molar-refractivity contribution >= 4 is 41.9 Å². The summed E-state index contributed by atoms with van der Waals surface area (Å²) in [5, 5.41) is 9.27. The molecule has 9 heteroatoms. The average molecular weight is 455 g/mol. The van der Waals surface area contributed by atoms with Crippen LogP contribution in [0.25, 0.3) is 0 Å². The zero-order valence-corrected chi connectivity index (χ0v) is 18.7. The third-order valence-corrected chi connectivity index (χ3v) is 6.98. The molecular formula is C21H31ClN4O3S. The molecule has 166 valence electrons.